The molecule has 0 radical (unpaired) electrons. The summed E-state index contributed by atoms with van der Waals surface area (Å²) in [5.41, 5.74) is 6.36. The molecule has 1 saturated heterocycles. The number of hydrogen-bond acceptors (Lipinski definition) is 11. The first-order valence-electron chi connectivity index (χ1n) is 16.1. The van der Waals surface area contributed by atoms with Crippen LogP contribution >= 0.6 is 0 Å². The van der Waals surface area contributed by atoms with Gasteiger partial charge in [-0.25, -0.2) is 4.98 Å². The second-order valence-electron chi connectivity index (χ2n) is 12.1. The van der Waals surface area contributed by atoms with E-state index in [2.05, 4.69) is 36.6 Å². The number of carbonyl (C=O) groups excluding carboxylic acids is 6. The van der Waals surface area contributed by atoms with Crippen LogP contribution < -0.4 is 32.3 Å². The van der Waals surface area contributed by atoms with Gasteiger partial charge in [-0.2, -0.15) is 0 Å². The Morgan fingerprint density at radius 1 is 0.900 bits per heavy atom. The van der Waals surface area contributed by atoms with Gasteiger partial charge in [0.1, 0.15) is 36.3 Å². The number of nitrogens with zero attached hydrogens (tertiary/aromatic N) is 2. The van der Waals surface area contributed by atoms with E-state index in [9.17, 15) is 48.6 Å². The normalized spacial score (nSPS) is 18.3. The van der Waals surface area contributed by atoms with Crippen molar-refractivity contribution < 1.29 is 53.7 Å². The average Bonchev–Trinajstić information content (AvgIpc) is 3.77. The number of imidazole rings is 1. The summed E-state index contributed by atoms with van der Waals surface area (Å²) in [6.07, 6.45) is 2.79. The summed E-state index contributed by atoms with van der Waals surface area (Å²) >= 11 is 0. The molecular formula is C30H47N9O11. The third-order valence-corrected chi connectivity index (χ3v) is 8.30. The Morgan fingerprint density at radius 3 is 2.08 bits per heavy atom. The molecular weight excluding hydrogens is 662 g/mol. The third-order valence-electron chi connectivity index (χ3n) is 8.30. The van der Waals surface area contributed by atoms with Crippen molar-refractivity contribution in [2.24, 2.45) is 11.7 Å². The lowest BCUT2D eigenvalue weighted by atomic mass is 9.99. The lowest BCUT2D eigenvalue weighted by Gasteiger charge is -2.30. The quantitative estimate of drug-likeness (QED) is 0.0663. The maximum atomic E-state index is 13.3. The smallest absolute Gasteiger partial charge is 0.325 e. The summed E-state index contributed by atoms with van der Waals surface area (Å²) in [5.74, 6) is -8.09. The summed E-state index contributed by atoms with van der Waals surface area (Å²) in [5, 5.41) is 40.2. The van der Waals surface area contributed by atoms with Crippen LogP contribution in [0.1, 0.15) is 59.1 Å². The molecule has 50 heavy (non-hydrogen) atoms. The van der Waals surface area contributed by atoms with Crippen molar-refractivity contribution in [3.63, 3.8) is 0 Å². The van der Waals surface area contributed by atoms with Gasteiger partial charge in [0, 0.05) is 24.9 Å². The summed E-state index contributed by atoms with van der Waals surface area (Å²) < 4.78 is 0. The molecule has 0 spiro atoms. The number of aliphatic carboxylic acids is 2. The van der Waals surface area contributed by atoms with Crippen LogP contribution in [0.15, 0.2) is 12.5 Å². The molecule has 2 heterocycles. The van der Waals surface area contributed by atoms with Crippen LogP contribution in [0.3, 0.4) is 0 Å². The standard InChI is InChI=1S/C30H47N9O11/c1-5-14(2)23(31)28(47)38-20(12-40)29(48)39-8-6-7-21(39)27(46)37-19(10-22(41)42)26(45)34-15(3)24(43)36-18(9-17-11-32-13-33-17)25(44)35-16(4)30(49)50/h11,13-16,18-21,23,40H,5-10,12,31H2,1-4H3,(H,32,33)(H,34,45)(H,35,44)(H,36,43)(H,37,46)(H,38,47)(H,41,42)(H,49,50)/t14-,15-,16-,18-,19-,20-,21-,23-/m0/s1. The lowest BCUT2D eigenvalue weighted by molar-refractivity contribution is -0.144. The molecule has 278 valence electrons. The van der Waals surface area contributed by atoms with Gasteiger partial charge in [-0.3, -0.25) is 38.4 Å². The van der Waals surface area contributed by atoms with E-state index in [-0.39, 0.29) is 25.3 Å². The fourth-order valence-corrected chi connectivity index (χ4v) is 5.00. The summed E-state index contributed by atoms with van der Waals surface area (Å²) in [4.78, 5) is 109. The number of carbonyl (C=O) groups is 8. The molecule has 8 atom stereocenters. The summed E-state index contributed by atoms with van der Waals surface area (Å²) in [6.45, 7) is 5.35. The minimum absolute atomic E-state index is 0.0756. The van der Waals surface area contributed by atoms with Gasteiger partial charge in [0.15, 0.2) is 0 Å². The molecule has 0 saturated carbocycles. The zero-order valence-electron chi connectivity index (χ0n) is 28.3. The van der Waals surface area contributed by atoms with Gasteiger partial charge in [-0.15, -0.1) is 0 Å². The Morgan fingerprint density at radius 2 is 1.52 bits per heavy atom. The number of aromatic nitrogens is 2. The topological polar surface area (TPSA) is 315 Å². The van der Waals surface area contributed by atoms with E-state index in [1.54, 1.807) is 6.92 Å². The molecule has 2 rings (SSSR count). The van der Waals surface area contributed by atoms with Crippen LogP contribution in [-0.4, -0.2) is 133 Å². The fraction of sp³-hybridized carbons (Fsp3) is 0.633. The SMILES string of the molecule is CC[C@H](C)[C@H](N)C(=O)N[C@@H](CO)C(=O)N1CCC[C@H]1C(=O)N[C@@H](CC(=O)O)C(=O)N[C@@H](C)C(=O)N[C@@H](Cc1cnc[nH]1)C(=O)N[C@@H](C)C(=O)O. The Bertz CT molecular complexity index is 1390. The van der Waals surface area contributed by atoms with E-state index in [0.29, 0.717) is 18.5 Å². The second kappa shape index (κ2) is 19.2. The number of nitrogens with one attached hydrogen (secondary N) is 6. The van der Waals surface area contributed by atoms with Crippen molar-refractivity contribution in [2.45, 2.75) is 102 Å². The Balaban J connectivity index is 2.12. The van der Waals surface area contributed by atoms with E-state index < -0.39 is 103 Å². The molecule has 20 heteroatoms. The van der Waals surface area contributed by atoms with Crippen LogP contribution in [0.4, 0.5) is 0 Å². The van der Waals surface area contributed by atoms with Crippen molar-refractivity contribution in [3.8, 4) is 0 Å². The van der Waals surface area contributed by atoms with Crippen LogP contribution in [0.2, 0.25) is 0 Å². The molecule has 1 aliphatic heterocycles. The number of nitrogens with two attached hydrogens (primary N) is 1. The largest absolute Gasteiger partial charge is 0.481 e. The number of carboxylic acids is 2. The highest BCUT2D eigenvalue weighted by atomic mass is 16.4. The molecule has 0 unspecified atom stereocenters. The average molecular weight is 710 g/mol. The molecule has 0 aliphatic carbocycles. The van der Waals surface area contributed by atoms with Gasteiger partial charge in [0.2, 0.25) is 35.4 Å². The molecule has 6 amide bonds. The molecule has 1 aromatic heterocycles. The zero-order valence-corrected chi connectivity index (χ0v) is 28.3. The van der Waals surface area contributed by atoms with Crippen LogP contribution in [-0.2, 0) is 44.8 Å². The highest BCUT2D eigenvalue weighted by Gasteiger charge is 2.40. The number of aliphatic hydroxyl groups is 1. The monoisotopic (exact) mass is 709 g/mol. The van der Waals surface area contributed by atoms with E-state index in [0.717, 1.165) is 4.90 Å². The van der Waals surface area contributed by atoms with Crippen molar-refractivity contribution in [3.05, 3.63) is 18.2 Å². The van der Waals surface area contributed by atoms with E-state index in [1.165, 1.54) is 26.4 Å². The number of rotatable bonds is 19. The van der Waals surface area contributed by atoms with Gasteiger partial charge in [0.05, 0.1) is 25.4 Å². The van der Waals surface area contributed by atoms with Crippen molar-refractivity contribution in [1.29, 1.82) is 0 Å². The van der Waals surface area contributed by atoms with Crippen molar-refractivity contribution >= 4 is 47.4 Å². The molecule has 1 aliphatic rings. The third kappa shape index (κ3) is 11.8. The Kier molecular flexibility index (Phi) is 15.7. The number of H-pyrrole nitrogens is 1. The summed E-state index contributed by atoms with van der Waals surface area (Å²) in [6, 6.07) is -9.18. The van der Waals surface area contributed by atoms with E-state index >= 15 is 0 Å². The van der Waals surface area contributed by atoms with Crippen LogP contribution in [0.25, 0.3) is 0 Å². The fourth-order valence-electron chi connectivity index (χ4n) is 5.00. The minimum Gasteiger partial charge on any atom is -0.481 e. The molecule has 0 aromatic carbocycles. The van der Waals surface area contributed by atoms with Gasteiger partial charge < -0.3 is 57.5 Å². The number of carboxylic acid groups (broad SMARTS) is 2. The lowest BCUT2D eigenvalue weighted by Crippen LogP contribution is -2.60. The van der Waals surface area contributed by atoms with Crippen molar-refractivity contribution in [2.75, 3.05) is 13.2 Å². The molecule has 20 nitrogen and oxygen atoms in total. The maximum Gasteiger partial charge on any atom is 0.325 e. The number of hydrogen-bond donors (Lipinski definition) is 10. The molecule has 11 N–H and O–H groups in total. The predicted molar refractivity (Wildman–Crippen MR) is 172 cm³/mol. The molecule has 1 fully saturated rings. The maximum absolute atomic E-state index is 13.3. The first kappa shape index (κ1) is 41.1. The number of aromatic amines is 1. The first-order chi connectivity index (χ1) is 23.5. The highest BCUT2D eigenvalue weighted by molar-refractivity contribution is 5.98. The first-order valence-corrected chi connectivity index (χ1v) is 16.1. The Hall–Kier alpha value is -5.11. The van der Waals surface area contributed by atoms with Crippen LogP contribution in [0, 0.1) is 5.92 Å². The zero-order chi connectivity index (χ0) is 37.7. The minimum atomic E-state index is -1.70. The number of likely N-dealkylation sites (tertiary alicyclic amines) is 1. The van der Waals surface area contributed by atoms with E-state index in [4.69, 9.17) is 10.8 Å². The Labute approximate surface area is 287 Å². The molecule has 0 bridgehead atoms. The van der Waals surface area contributed by atoms with Crippen LogP contribution in [0.5, 0.6) is 0 Å². The highest BCUT2D eigenvalue weighted by Crippen LogP contribution is 2.19. The number of amides is 6. The van der Waals surface area contributed by atoms with Gasteiger partial charge >= 0.3 is 11.9 Å². The van der Waals surface area contributed by atoms with E-state index in [1.807, 2.05) is 6.92 Å². The summed E-state index contributed by atoms with van der Waals surface area (Å²) in [7, 11) is 0. The predicted octanol–water partition coefficient (Wildman–Crippen LogP) is -3.67. The van der Waals surface area contributed by atoms with Gasteiger partial charge in [-0.1, -0.05) is 20.3 Å². The molecule has 1 aromatic rings. The second-order valence-corrected chi connectivity index (χ2v) is 12.1. The van der Waals surface area contributed by atoms with Crippen molar-refractivity contribution in [1.82, 2.24) is 41.5 Å². The van der Waals surface area contributed by atoms with Gasteiger partial charge in [-0.05, 0) is 32.6 Å². The number of aliphatic hydroxyl groups excluding tert-OH is 1. The van der Waals surface area contributed by atoms with Gasteiger partial charge in [0.25, 0.3) is 0 Å².